The Kier molecular flexibility index (Phi) is 4.33. The van der Waals surface area contributed by atoms with Crippen molar-refractivity contribution in [1.82, 2.24) is 20.1 Å². The molecule has 0 radical (unpaired) electrons. The Morgan fingerprint density at radius 3 is 2.84 bits per heavy atom. The van der Waals surface area contributed by atoms with E-state index in [-0.39, 0.29) is 12.5 Å². The molecule has 1 amide bonds. The van der Waals surface area contributed by atoms with Crippen molar-refractivity contribution >= 4 is 11.6 Å². The van der Waals surface area contributed by atoms with Gasteiger partial charge in [-0.15, -0.1) is 0 Å². The van der Waals surface area contributed by atoms with Crippen LogP contribution in [0.3, 0.4) is 0 Å². The first-order valence-electron chi connectivity index (χ1n) is 5.81. The Morgan fingerprint density at radius 2 is 2.16 bits per heavy atom. The standard InChI is InChI=1S/C12H15N5O2/c13-10-1-3-11(4-2-10)19-6-5-15-12(18)7-17-9-14-8-16-17/h1-4,8-9H,5-7,13H2,(H,15,18). The predicted octanol–water partition coefficient (Wildman–Crippen LogP) is 0.0555. The first kappa shape index (κ1) is 12.9. The molecule has 0 aliphatic carbocycles. The summed E-state index contributed by atoms with van der Waals surface area (Å²) < 4.78 is 6.90. The number of hydrogen-bond donors (Lipinski definition) is 2. The second-order valence-corrected chi connectivity index (χ2v) is 3.86. The summed E-state index contributed by atoms with van der Waals surface area (Å²) in [5.41, 5.74) is 6.25. The zero-order valence-corrected chi connectivity index (χ0v) is 10.3. The van der Waals surface area contributed by atoms with Crippen LogP contribution in [0.25, 0.3) is 0 Å². The number of ether oxygens (including phenoxy) is 1. The molecule has 2 rings (SSSR count). The van der Waals surface area contributed by atoms with Gasteiger partial charge in [-0.3, -0.25) is 4.79 Å². The SMILES string of the molecule is Nc1ccc(OCCNC(=O)Cn2cncn2)cc1. The Bertz CT molecular complexity index is 509. The number of nitrogens with two attached hydrogens (primary N) is 1. The minimum absolute atomic E-state index is 0.133. The minimum atomic E-state index is -0.133. The number of benzene rings is 1. The molecule has 2 aromatic rings. The number of nitrogen functional groups attached to an aromatic ring is 1. The summed E-state index contributed by atoms with van der Waals surface area (Å²) in [5, 5.41) is 6.57. The van der Waals surface area contributed by atoms with Gasteiger partial charge in [-0.2, -0.15) is 5.10 Å². The van der Waals surface area contributed by atoms with E-state index in [0.717, 1.165) is 5.75 Å². The van der Waals surface area contributed by atoms with Crippen molar-refractivity contribution < 1.29 is 9.53 Å². The lowest BCUT2D eigenvalue weighted by atomic mass is 10.3. The fourth-order valence-electron chi connectivity index (χ4n) is 1.44. The van der Waals surface area contributed by atoms with E-state index in [2.05, 4.69) is 15.4 Å². The Balaban J connectivity index is 1.64. The molecule has 0 spiro atoms. The first-order valence-corrected chi connectivity index (χ1v) is 5.81. The molecular weight excluding hydrogens is 246 g/mol. The van der Waals surface area contributed by atoms with Crippen LogP contribution in [0, 0.1) is 0 Å². The van der Waals surface area contributed by atoms with Gasteiger partial charge in [0.15, 0.2) is 0 Å². The van der Waals surface area contributed by atoms with Crippen LogP contribution < -0.4 is 15.8 Å². The molecule has 0 atom stereocenters. The molecule has 100 valence electrons. The maximum atomic E-state index is 11.5. The van der Waals surface area contributed by atoms with Crippen LogP contribution in [-0.2, 0) is 11.3 Å². The van der Waals surface area contributed by atoms with Gasteiger partial charge < -0.3 is 15.8 Å². The molecule has 0 saturated heterocycles. The van der Waals surface area contributed by atoms with Crippen LogP contribution in [-0.4, -0.2) is 33.8 Å². The largest absolute Gasteiger partial charge is 0.492 e. The number of amides is 1. The lowest BCUT2D eigenvalue weighted by molar-refractivity contribution is -0.121. The first-order chi connectivity index (χ1) is 9.24. The highest BCUT2D eigenvalue weighted by Crippen LogP contribution is 2.12. The summed E-state index contributed by atoms with van der Waals surface area (Å²) in [4.78, 5) is 15.2. The monoisotopic (exact) mass is 261 g/mol. The molecule has 0 unspecified atom stereocenters. The summed E-state index contributed by atoms with van der Waals surface area (Å²) in [5.74, 6) is 0.589. The summed E-state index contributed by atoms with van der Waals surface area (Å²) >= 11 is 0. The number of aromatic nitrogens is 3. The summed E-state index contributed by atoms with van der Waals surface area (Å²) in [6.45, 7) is 0.979. The van der Waals surface area contributed by atoms with Gasteiger partial charge in [-0.05, 0) is 24.3 Å². The van der Waals surface area contributed by atoms with Crippen molar-refractivity contribution in [3.63, 3.8) is 0 Å². The number of carbonyl (C=O) groups excluding carboxylic acids is 1. The molecule has 0 bridgehead atoms. The van der Waals surface area contributed by atoms with Crippen LogP contribution in [0.4, 0.5) is 5.69 Å². The third-order valence-corrected chi connectivity index (χ3v) is 2.35. The lowest BCUT2D eigenvalue weighted by Crippen LogP contribution is -2.31. The molecule has 7 heteroatoms. The van der Waals surface area contributed by atoms with E-state index in [1.807, 2.05) is 0 Å². The summed E-state index contributed by atoms with van der Waals surface area (Å²) in [6.07, 6.45) is 2.88. The fourth-order valence-corrected chi connectivity index (χ4v) is 1.44. The zero-order valence-electron chi connectivity index (χ0n) is 10.3. The van der Waals surface area contributed by atoms with Gasteiger partial charge in [0, 0.05) is 5.69 Å². The molecule has 3 N–H and O–H groups in total. The molecular formula is C12H15N5O2. The summed E-state index contributed by atoms with van der Waals surface area (Å²) in [7, 11) is 0. The zero-order chi connectivity index (χ0) is 13.5. The van der Waals surface area contributed by atoms with Gasteiger partial charge in [0.25, 0.3) is 0 Å². The van der Waals surface area contributed by atoms with Gasteiger partial charge in [0.05, 0.1) is 6.54 Å². The van der Waals surface area contributed by atoms with Gasteiger partial charge in [-0.1, -0.05) is 0 Å². The van der Waals surface area contributed by atoms with Crippen LogP contribution in [0.5, 0.6) is 5.75 Å². The molecule has 0 aliphatic heterocycles. The van der Waals surface area contributed by atoms with Crippen molar-refractivity contribution in [1.29, 1.82) is 0 Å². The molecule has 19 heavy (non-hydrogen) atoms. The quantitative estimate of drug-likeness (QED) is 0.566. The molecule has 7 nitrogen and oxygen atoms in total. The van der Waals surface area contributed by atoms with Gasteiger partial charge in [-0.25, -0.2) is 9.67 Å². The van der Waals surface area contributed by atoms with Crippen molar-refractivity contribution in [3.05, 3.63) is 36.9 Å². The fraction of sp³-hybridized carbons (Fsp3) is 0.250. The Morgan fingerprint density at radius 1 is 1.37 bits per heavy atom. The average molecular weight is 261 g/mol. The molecule has 1 aromatic heterocycles. The van der Waals surface area contributed by atoms with Crippen LogP contribution in [0.1, 0.15) is 0 Å². The Labute approximate surface area is 110 Å². The molecule has 0 saturated carbocycles. The lowest BCUT2D eigenvalue weighted by Gasteiger charge is -2.07. The highest BCUT2D eigenvalue weighted by Gasteiger charge is 2.02. The highest BCUT2D eigenvalue weighted by molar-refractivity contribution is 5.75. The number of nitrogens with one attached hydrogen (secondary N) is 1. The van der Waals surface area contributed by atoms with E-state index in [1.165, 1.54) is 17.3 Å². The van der Waals surface area contributed by atoms with Crippen molar-refractivity contribution in [2.24, 2.45) is 0 Å². The summed E-state index contributed by atoms with van der Waals surface area (Å²) in [6, 6.07) is 7.09. The van der Waals surface area contributed by atoms with E-state index in [0.29, 0.717) is 18.8 Å². The van der Waals surface area contributed by atoms with E-state index >= 15 is 0 Å². The number of hydrogen-bond acceptors (Lipinski definition) is 5. The second-order valence-electron chi connectivity index (χ2n) is 3.86. The minimum Gasteiger partial charge on any atom is -0.492 e. The van der Waals surface area contributed by atoms with Gasteiger partial charge in [0.1, 0.15) is 31.6 Å². The van der Waals surface area contributed by atoms with Crippen molar-refractivity contribution in [3.8, 4) is 5.75 Å². The van der Waals surface area contributed by atoms with Crippen LogP contribution in [0.2, 0.25) is 0 Å². The molecule has 0 aliphatic rings. The van der Waals surface area contributed by atoms with Gasteiger partial charge >= 0.3 is 0 Å². The van der Waals surface area contributed by atoms with Crippen molar-refractivity contribution in [2.45, 2.75) is 6.54 Å². The Hall–Kier alpha value is -2.57. The maximum Gasteiger partial charge on any atom is 0.241 e. The maximum absolute atomic E-state index is 11.5. The smallest absolute Gasteiger partial charge is 0.241 e. The molecule has 1 aromatic carbocycles. The average Bonchev–Trinajstić information content (AvgIpc) is 2.89. The number of anilines is 1. The van der Waals surface area contributed by atoms with E-state index in [1.54, 1.807) is 24.3 Å². The van der Waals surface area contributed by atoms with E-state index < -0.39 is 0 Å². The van der Waals surface area contributed by atoms with Gasteiger partial charge in [0.2, 0.25) is 5.91 Å². The number of nitrogens with zero attached hydrogens (tertiary/aromatic N) is 3. The second kappa shape index (κ2) is 6.39. The topological polar surface area (TPSA) is 95.1 Å². The number of carbonyl (C=O) groups is 1. The van der Waals surface area contributed by atoms with E-state index in [4.69, 9.17) is 10.5 Å². The molecule has 1 heterocycles. The predicted molar refractivity (Wildman–Crippen MR) is 69.4 cm³/mol. The number of rotatable bonds is 6. The van der Waals surface area contributed by atoms with E-state index in [9.17, 15) is 4.79 Å². The normalized spacial score (nSPS) is 10.1. The van der Waals surface area contributed by atoms with Crippen molar-refractivity contribution in [2.75, 3.05) is 18.9 Å². The third-order valence-electron chi connectivity index (χ3n) is 2.35. The highest BCUT2D eigenvalue weighted by atomic mass is 16.5. The molecule has 0 fully saturated rings. The third kappa shape index (κ3) is 4.30. The van der Waals surface area contributed by atoms with Crippen LogP contribution in [0.15, 0.2) is 36.9 Å². The van der Waals surface area contributed by atoms with Crippen LogP contribution >= 0.6 is 0 Å².